The first-order chi connectivity index (χ1) is 14.6. The van der Waals surface area contributed by atoms with Gasteiger partial charge in [-0.05, 0) is 26.8 Å². The van der Waals surface area contributed by atoms with Crippen LogP contribution in [-0.4, -0.2) is 73.8 Å². The molecule has 13 heteroatoms. The van der Waals surface area contributed by atoms with Crippen molar-refractivity contribution >= 4 is 52.6 Å². The summed E-state index contributed by atoms with van der Waals surface area (Å²) >= 11 is 2.55. The van der Waals surface area contributed by atoms with Crippen molar-refractivity contribution in [1.29, 1.82) is 0 Å². The summed E-state index contributed by atoms with van der Waals surface area (Å²) in [5, 5.41) is 16.5. The monoisotopic (exact) mass is 468 g/mol. The molecule has 166 valence electrons. The molecule has 31 heavy (non-hydrogen) atoms. The van der Waals surface area contributed by atoms with Crippen LogP contribution < -0.4 is 5.32 Å². The van der Waals surface area contributed by atoms with E-state index in [1.54, 1.807) is 26.2 Å². The second kappa shape index (κ2) is 9.06. The lowest BCUT2D eigenvalue weighted by Crippen LogP contribution is -2.70. The number of hydrogen-bond acceptors (Lipinski definition) is 10. The lowest BCUT2D eigenvalue weighted by Gasteiger charge is -2.48. The minimum Gasteiger partial charge on any atom is -0.477 e. The van der Waals surface area contributed by atoms with Crippen molar-refractivity contribution < 1.29 is 33.9 Å². The van der Waals surface area contributed by atoms with E-state index in [1.807, 2.05) is 0 Å². The highest BCUT2D eigenvalue weighted by molar-refractivity contribution is 8.00. The van der Waals surface area contributed by atoms with Gasteiger partial charge in [-0.25, -0.2) is 14.6 Å². The quantitative estimate of drug-likeness (QED) is 0.254. The fraction of sp³-hybridized carbons (Fsp3) is 0.444. The number of aromatic nitrogens is 1. The van der Waals surface area contributed by atoms with Crippen LogP contribution in [0.4, 0.5) is 0 Å². The number of thiazole rings is 1. The number of amides is 2. The Morgan fingerprint density at radius 3 is 2.74 bits per heavy atom. The number of hydrogen-bond donors (Lipinski definition) is 2. The highest BCUT2D eigenvalue weighted by atomic mass is 32.2. The molecule has 0 aliphatic carbocycles. The molecule has 0 saturated carbocycles. The van der Waals surface area contributed by atoms with E-state index < -0.39 is 47.4 Å². The summed E-state index contributed by atoms with van der Waals surface area (Å²) in [5.41, 5.74) is 0.678. The van der Waals surface area contributed by atoms with Gasteiger partial charge in [-0.3, -0.25) is 14.5 Å². The van der Waals surface area contributed by atoms with Crippen LogP contribution in [0.1, 0.15) is 26.5 Å². The lowest BCUT2D eigenvalue weighted by atomic mass is 10.0. The lowest BCUT2D eigenvalue weighted by molar-refractivity contribution is -0.160. The highest BCUT2D eigenvalue weighted by Crippen LogP contribution is 2.37. The zero-order chi connectivity index (χ0) is 22.8. The molecule has 0 aromatic carbocycles. The van der Waals surface area contributed by atoms with E-state index in [-0.39, 0.29) is 17.1 Å². The summed E-state index contributed by atoms with van der Waals surface area (Å²) in [6, 6.07) is -0.921. The maximum atomic E-state index is 12.8. The zero-order valence-electron chi connectivity index (χ0n) is 16.9. The molecule has 2 amide bonds. The Kier molecular flexibility index (Phi) is 6.65. The molecule has 0 bridgehead atoms. The molecule has 1 aromatic heterocycles. The number of thioether (sulfide) groups is 1. The highest BCUT2D eigenvalue weighted by Gasteiger charge is 2.53. The van der Waals surface area contributed by atoms with Crippen molar-refractivity contribution in [2.75, 3.05) is 12.4 Å². The number of oxime groups is 1. The SMILES string of the molecule is CC(C)(C)OC(=O)CON=C(C(=O)NC1C(=O)N2C(C(=O)O)=CCS[C@H]12)c1cscn1. The van der Waals surface area contributed by atoms with Crippen LogP contribution >= 0.6 is 23.1 Å². The average molecular weight is 469 g/mol. The Hall–Kier alpha value is -2.93. The van der Waals surface area contributed by atoms with E-state index in [0.29, 0.717) is 5.75 Å². The number of nitrogens with zero attached hydrogens (tertiary/aromatic N) is 3. The van der Waals surface area contributed by atoms with Gasteiger partial charge < -0.3 is 20.0 Å². The smallest absolute Gasteiger partial charge is 0.352 e. The van der Waals surface area contributed by atoms with Gasteiger partial charge >= 0.3 is 11.9 Å². The number of aliphatic carboxylic acids is 1. The van der Waals surface area contributed by atoms with Crippen molar-refractivity contribution in [2.24, 2.45) is 5.16 Å². The molecule has 1 unspecified atom stereocenters. The van der Waals surface area contributed by atoms with E-state index in [1.165, 1.54) is 34.7 Å². The number of rotatable bonds is 7. The molecular formula is C18H20N4O7S2. The summed E-state index contributed by atoms with van der Waals surface area (Å²) in [7, 11) is 0. The zero-order valence-corrected chi connectivity index (χ0v) is 18.5. The van der Waals surface area contributed by atoms with Gasteiger partial charge in [0.2, 0.25) is 6.61 Å². The molecule has 3 rings (SSSR count). The standard InChI is InChI=1S/C18H20N4O7S2/c1-18(2,3)29-11(23)6-28-21-12(9-7-30-8-19-9)14(24)20-13-15(25)22-10(17(26)27)4-5-31-16(13)22/h4,7-8,13,16H,5-6H2,1-3H3,(H,20,24)(H,26,27)/t13?,16-/m1/s1. The Balaban J connectivity index is 1.68. The molecule has 2 N–H and O–H groups in total. The third kappa shape index (κ3) is 5.22. The number of carbonyl (C=O) groups excluding carboxylic acids is 3. The van der Waals surface area contributed by atoms with Gasteiger partial charge in [-0.1, -0.05) is 5.16 Å². The number of carboxylic acid groups (broad SMARTS) is 1. The fourth-order valence-electron chi connectivity index (χ4n) is 2.80. The summed E-state index contributed by atoms with van der Waals surface area (Å²) in [4.78, 5) is 58.5. The maximum Gasteiger partial charge on any atom is 0.352 e. The molecular weight excluding hydrogens is 448 g/mol. The number of ether oxygens (including phenoxy) is 1. The minimum atomic E-state index is -1.20. The van der Waals surface area contributed by atoms with Crippen LogP contribution in [-0.2, 0) is 28.8 Å². The third-order valence-corrected chi connectivity index (χ3v) is 5.77. The Labute approximate surface area is 185 Å². The fourth-order valence-corrected chi connectivity index (χ4v) is 4.53. The van der Waals surface area contributed by atoms with Crippen molar-refractivity contribution in [3.8, 4) is 0 Å². The van der Waals surface area contributed by atoms with Crippen LogP contribution in [0.3, 0.4) is 0 Å². The van der Waals surface area contributed by atoms with Crippen molar-refractivity contribution in [2.45, 2.75) is 37.8 Å². The van der Waals surface area contributed by atoms with Gasteiger partial charge in [-0.2, -0.15) is 0 Å². The Bertz CT molecular complexity index is 953. The molecule has 1 fully saturated rings. The van der Waals surface area contributed by atoms with Crippen LogP contribution in [0, 0.1) is 0 Å². The van der Waals surface area contributed by atoms with E-state index in [2.05, 4.69) is 15.5 Å². The summed E-state index contributed by atoms with van der Waals surface area (Å²) < 4.78 is 5.11. The molecule has 1 aromatic rings. The normalized spacial score (nSPS) is 20.9. The number of nitrogens with one attached hydrogen (secondary N) is 1. The second-order valence-electron chi connectivity index (χ2n) is 7.45. The van der Waals surface area contributed by atoms with Crippen molar-refractivity contribution in [3.63, 3.8) is 0 Å². The van der Waals surface area contributed by atoms with Crippen LogP contribution in [0.5, 0.6) is 0 Å². The summed E-state index contributed by atoms with van der Waals surface area (Å²) in [5.74, 6) is -2.74. The molecule has 1 saturated heterocycles. The molecule has 11 nitrogen and oxygen atoms in total. The van der Waals surface area contributed by atoms with Gasteiger partial charge in [0, 0.05) is 11.1 Å². The van der Waals surface area contributed by atoms with Crippen LogP contribution in [0.15, 0.2) is 27.8 Å². The second-order valence-corrected chi connectivity index (χ2v) is 9.32. The number of β-lactam (4-membered cyclic amide) rings is 1. The van der Waals surface area contributed by atoms with Gasteiger partial charge in [0.1, 0.15) is 28.4 Å². The first-order valence-electron chi connectivity index (χ1n) is 9.08. The van der Waals surface area contributed by atoms with Gasteiger partial charge in [0.05, 0.1) is 5.51 Å². The number of esters is 1. The predicted octanol–water partition coefficient (Wildman–Crippen LogP) is 0.574. The Morgan fingerprint density at radius 2 is 2.13 bits per heavy atom. The first-order valence-corrected chi connectivity index (χ1v) is 11.1. The summed E-state index contributed by atoms with van der Waals surface area (Å²) in [6.07, 6.45) is 1.45. The predicted molar refractivity (Wildman–Crippen MR) is 111 cm³/mol. The van der Waals surface area contributed by atoms with Gasteiger partial charge in [0.25, 0.3) is 11.8 Å². The maximum absolute atomic E-state index is 12.8. The van der Waals surface area contributed by atoms with E-state index >= 15 is 0 Å². The van der Waals surface area contributed by atoms with Gasteiger partial charge in [0.15, 0.2) is 5.71 Å². The summed E-state index contributed by atoms with van der Waals surface area (Å²) in [6.45, 7) is 4.60. The largest absolute Gasteiger partial charge is 0.477 e. The molecule has 0 radical (unpaired) electrons. The van der Waals surface area contributed by atoms with E-state index in [4.69, 9.17) is 9.57 Å². The van der Waals surface area contributed by atoms with Crippen molar-refractivity contribution in [1.82, 2.24) is 15.2 Å². The number of fused-ring (bicyclic) bond motifs is 1. The first kappa shape index (κ1) is 22.7. The van der Waals surface area contributed by atoms with Gasteiger partial charge in [-0.15, -0.1) is 23.1 Å². The van der Waals surface area contributed by atoms with Crippen molar-refractivity contribution in [3.05, 3.63) is 28.4 Å². The molecule has 3 heterocycles. The van der Waals surface area contributed by atoms with Crippen LogP contribution in [0.25, 0.3) is 0 Å². The van der Waals surface area contributed by atoms with Crippen LogP contribution in [0.2, 0.25) is 0 Å². The Morgan fingerprint density at radius 1 is 1.39 bits per heavy atom. The molecule has 2 aliphatic heterocycles. The molecule has 0 spiro atoms. The molecule has 2 aliphatic rings. The van der Waals surface area contributed by atoms with E-state index in [0.717, 1.165) is 4.90 Å². The number of carboxylic acids is 1. The number of carbonyl (C=O) groups is 4. The third-order valence-electron chi connectivity index (χ3n) is 4.00. The topological polar surface area (TPSA) is 147 Å². The van der Waals surface area contributed by atoms with E-state index in [9.17, 15) is 24.3 Å². The average Bonchev–Trinajstić information content (AvgIpc) is 3.21. The molecule has 2 atom stereocenters. The minimum absolute atomic E-state index is 0.103.